The number of imide groups is 1. The van der Waals surface area contributed by atoms with Gasteiger partial charge in [-0.2, -0.15) is 0 Å². The Labute approximate surface area is 172 Å². The van der Waals surface area contributed by atoms with Gasteiger partial charge in [-0.1, -0.05) is 36.6 Å². The molecule has 0 bridgehead atoms. The molecule has 0 radical (unpaired) electrons. The molecule has 1 saturated carbocycles. The van der Waals surface area contributed by atoms with Crippen LogP contribution >= 0.6 is 11.6 Å². The van der Waals surface area contributed by atoms with Crippen LogP contribution in [-0.4, -0.2) is 16.7 Å². The quantitative estimate of drug-likeness (QED) is 0.441. The third-order valence-corrected chi connectivity index (χ3v) is 5.93. The molecule has 8 heteroatoms. The zero-order valence-corrected chi connectivity index (χ0v) is 16.4. The van der Waals surface area contributed by atoms with Gasteiger partial charge in [-0.15, -0.1) is 0 Å². The highest BCUT2D eigenvalue weighted by molar-refractivity contribution is 6.30. The van der Waals surface area contributed by atoms with Gasteiger partial charge in [-0.3, -0.25) is 19.7 Å². The summed E-state index contributed by atoms with van der Waals surface area (Å²) >= 11 is 5.87. The highest BCUT2D eigenvalue weighted by Crippen LogP contribution is 2.41. The van der Waals surface area contributed by atoms with E-state index in [0.717, 1.165) is 23.3 Å². The van der Waals surface area contributed by atoms with Crippen LogP contribution in [-0.2, 0) is 16.1 Å². The number of nitrogens with zero attached hydrogens (tertiary/aromatic N) is 2. The number of anilines is 2. The van der Waals surface area contributed by atoms with Crippen molar-refractivity contribution in [2.24, 2.45) is 11.8 Å². The number of nitrogens with one attached hydrogen (secondary N) is 1. The molecule has 2 unspecified atom stereocenters. The summed E-state index contributed by atoms with van der Waals surface area (Å²) in [6.45, 7) is 0.378. The average Bonchev–Trinajstić information content (AvgIpc) is 2.98. The molecule has 1 saturated heterocycles. The predicted molar refractivity (Wildman–Crippen MR) is 110 cm³/mol. The number of rotatable bonds is 5. The molecule has 2 aliphatic rings. The Hall–Kier alpha value is -2.93. The minimum atomic E-state index is -0.508. The highest BCUT2D eigenvalue weighted by Gasteiger charge is 2.49. The molecule has 7 nitrogen and oxygen atoms in total. The van der Waals surface area contributed by atoms with Gasteiger partial charge < -0.3 is 5.32 Å². The highest BCUT2D eigenvalue weighted by atomic mass is 35.5. The van der Waals surface area contributed by atoms with Crippen molar-refractivity contribution >= 4 is 40.5 Å². The summed E-state index contributed by atoms with van der Waals surface area (Å²) in [6.07, 6.45) is 3.27. The van der Waals surface area contributed by atoms with Crippen LogP contribution in [0.1, 0.15) is 31.2 Å². The monoisotopic (exact) mass is 413 g/mol. The molecule has 2 fully saturated rings. The molecule has 0 aromatic heterocycles. The van der Waals surface area contributed by atoms with Crippen molar-refractivity contribution in [2.75, 3.05) is 10.2 Å². The normalized spacial score (nSPS) is 21.2. The first-order chi connectivity index (χ1) is 14.0. The Balaban J connectivity index is 1.59. The van der Waals surface area contributed by atoms with Crippen molar-refractivity contribution < 1.29 is 14.5 Å². The van der Waals surface area contributed by atoms with E-state index in [-0.39, 0.29) is 35.0 Å². The summed E-state index contributed by atoms with van der Waals surface area (Å²) in [5.41, 5.74) is 1.33. The Morgan fingerprint density at radius 3 is 2.24 bits per heavy atom. The maximum atomic E-state index is 12.8. The molecule has 1 aliphatic heterocycles. The van der Waals surface area contributed by atoms with Gasteiger partial charge in [0.1, 0.15) is 5.69 Å². The van der Waals surface area contributed by atoms with Crippen LogP contribution in [0.25, 0.3) is 0 Å². The fraction of sp³-hybridized carbons (Fsp3) is 0.333. The van der Waals surface area contributed by atoms with E-state index in [4.69, 9.17) is 11.6 Å². The molecule has 1 aliphatic carbocycles. The molecule has 4 rings (SSSR count). The van der Waals surface area contributed by atoms with Crippen molar-refractivity contribution in [3.8, 4) is 0 Å². The lowest BCUT2D eigenvalue weighted by atomic mass is 9.81. The third-order valence-electron chi connectivity index (χ3n) is 5.67. The van der Waals surface area contributed by atoms with Crippen molar-refractivity contribution in [1.82, 2.24) is 0 Å². The lowest BCUT2D eigenvalue weighted by molar-refractivity contribution is -0.383. The predicted octanol–water partition coefficient (Wildman–Crippen LogP) is 4.54. The summed E-state index contributed by atoms with van der Waals surface area (Å²) in [7, 11) is 0. The van der Waals surface area contributed by atoms with Crippen LogP contribution in [0.2, 0.25) is 5.02 Å². The number of nitro benzene ring substituents is 1. The van der Waals surface area contributed by atoms with Gasteiger partial charge in [0.2, 0.25) is 11.8 Å². The SMILES string of the molecule is O=C1C2CCCCC2C(=O)N1c1ccc(NCc2ccc(Cl)cc2)c([N+](=O)[O-])c1. The standard InChI is InChI=1S/C21H20ClN3O4/c22-14-7-5-13(6-8-14)12-23-18-10-9-15(11-19(18)25(28)29)24-20(26)16-3-1-2-4-17(16)21(24)27/h5-11,16-17,23H,1-4,12H2. The molecular formula is C21H20ClN3O4. The lowest BCUT2D eigenvalue weighted by Gasteiger charge is -2.19. The van der Waals surface area contributed by atoms with Crippen molar-refractivity contribution in [3.05, 3.63) is 63.2 Å². The summed E-state index contributed by atoms with van der Waals surface area (Å²) in [6, 6.07) is 11.6. The number of fused-ring (bicyclic) bond motifs is 1. The Morgan fingerprint density at radius 2 is 1.66 bits per heavy atom. The molecule has 2 amide bonds. The summed E-state index contributed by atoms with van der Waals surface area (Å²) in [4.78, 5) is 37.8. The van der Waals surface area contributed by atoms with Crippen molar-refractivity contribution in [1.29, 1.82) is 0 Å². The molecule has 29 heavy (non-hydrogen) atoms. The van der Waals surface area contributed by atoms with Crippen molar-refractivity contribution in [3.63, 3.8) is 0 Å². The van der Waals surface area contributed by atoms with Crippen molar-refractivity contribution in [2.45, 2.75) is 32.2 Å². The minimum absolute atomic E-state index is 0.174. The molecular weight excluding hydrogens is 394 g/mol. The van der Waals surface area contributed by atoms with E-state index in [1.807, 2.05) is 12.1 Å². The first-order valence-electron chi connectivity index (χ1n) is 9.60. The van der Waals surface area contributed by atoms with Gasteiger partial charge in [-0.25, -0.2) is 4.90 Å². The average molecular weight is 414 g/mol. The number of benzene rings is 2. The van der Waals surface area contributed by atoms with Crippen LogP contribution < -0.4 is 10.2 Å². The van der Waals surface area contributed by atoms with Crippen LogP contribution in [0.5, 0.6) is 0 Å². The zero-order chi connectivity index (χ0) is 20.5. The summed E-state index contributed by atoms with van der Waals surface area (Å²) < 4.78 is 0. The number of hydrogen-bond acceptors (Lipinski definition) is 5. The number of carbonyl (C=O) groups is 2. The fourth-order valence-electron chi connectivity index (χ4n) is 4.18. The molecule has 2 aromatic carbocycles. The van der Waals surface area contributed by atoms with Crippen LogP contribution in [0.3, 0.4) is 0 Å². The fourth-order valence-corrected chi connectivity index (χ4v) is 4.30. The van der Waals surface area contributed by atoms with Gasteiger partial charge in [0, 0.05) is 17.6 Å². The van der Waals surface area contributed by atoms with E-state index < -0.39 is 4.92 Å². The molecule has 2 atom stereocenters. The Morgan fingerprint density at radius 1 is 1.03 bits per heavy atom. The van der Waals surface area contributed by atoms with Gasteiger partial charge in [-0.05, 0) is 42.7 Å². The largest absolute Gasteiger partial charge is 0.375 e. The minimum Gasteiger partial charge on any atom is -0.375 e. The molecule has 2 aromatic rings. The molecule has 1 heterocycles. The van der Waals surface area contributed by atoms with Crippen LogP contribution in [0.15, 0.2) is 42.5 Å². The number of nitro groups is 1. The second-order valence-corrected chi connectivity index (χ2v) is 7.88. The zero-order valence-electron chi connectivity index (χ0n) is 15.6. The Bertz CT molecular complexity index is 952. The Kier molecular flexibility index (Phi) is 5.24. The second-order valence-electron chi connectivity index (χ2n) is 7.45. The number of amides is 2. The van der Waals surface area contributed by atoms with E-state index in [1.165, 1.54) is 6.07 Å². The van der Waals surface area contributed by atoms with E-state index in [0.29, 0.717) is 30.1 Å². The van der Waals surface area contributed by atoms with Gasteiger partial charge in [0.25, 0.3) is 5.69 Å². The van der Waals surface area contributed by atoms with Gasteiger partial charge in [0.15, 0.2) is 0 Å². The second kappa shape index (κ2) is 7.83. The van der Waals surface area contributed by atoms with E-state index in [2.05, 4.69) is 5.32 Å². The number of hydrogen-bond donors (Lipinski definition) is 1. The molecule has 0 spiro atoms. The lowest BCUT2D eigenvalue weighted by Crippen LogP contribution is -2.30. The number of carbonyl (C=O) groups excluding carboxylic acids is 2. The summed E-state index contributed by atoms with van der Waals surface area (Å²) in [5, 5.41) is 15.3. The maximum Gasteiger partial charge on any atom is 0.294 e. The van der Waals surface area contributed by atoms with Gasteiger partial charge >= 0.3 is 0 Å². The van der Waals surface area contributed by atoms with E-state index in [9.17, 15) is 19.7 Å². The van der Waals surface area contributed by atoms with Crippen LogP contribution in [0.4, 0.5) is 17.1 Å². The molecule has 150 valence electrons. The maximum absolute atomic E-state index is 12.8. The van der Waals surface area contributed by atoms with Gasteiger partial charge in [0.05, 0.1) is 22.4 Å². The first-order valence-corrected chi connectivity index (χ1v) is 9.98. The molecule has 1 N–H and O–H groups in total. The number of halogens is 1. The van der Waals surface area contributed by atoms with Crippen LogP contribution in [0, 0.1) is 22.0 Å². The topological polar surface area (TPSA) is 92.6 Å². The smallest absolute Gasteiger partial charge is 0.294 e. The third kappa shape index (κ3) is 3.70. The van der Waals surface area contributed by atoms with E-state index in [1.54, 1.807) is 24.3 Å². The first kappa shape index (κ1) is 19.4. The van der Waals surface area contributed by atoms with E-state index >= 15 is 0 Å². The summed E-state index contributed by atoms with van der Waals surface area (Å²) in [5.74, 6) is -1.07.